The lowest BCUT2D eigenvalue weighted by Gasteiger charge is -2.29. The molecule has 0 spiro atoms. The number of rotatable bonds is 0. The molecule has 0 radical (unpaired) electrons. The van der Waals surface area contributed by atoms with E-state index in [4.69, 9.17) is 0 Å². The Balaban J connectivity index is 2.98. The van der Waals surface area contributed by atoms with Gasteiger partial charge in [-0.2, -0.15) is 0 Å². The van der Waals surface area contributed by atoms with Gasteiger partial charge in [0.05, 0.1) is 0 Å². The minimum Gasteiger partial charge on any atom is -0.0956 e. The van der Waals surface area contributed by atoms with E-state index in [1.165, 1.54) is 23.1 Å². The lowest BCUT2D eigenvalue weighted by atomic mass is 9.76. The lowest BCUT2D eigenvalue weighted by molar-refractivity contribution is 0.419. The van der Waals surface area contributed by atoms with E-state index in [1.54, 1.807) is 0 Å². The van der Waals surface area contributed by atoms with Crippen LogP contribution >= 0.6 is 0 Å². The van der Waals surface area contributed by atoms with Gasteiger partial charge in [-0.25, -0.2) is 0 Å². The second kappa shape index (κ2) is 2.84. The van der Waals surface area contributed by atoms with E-state index in [2.05, 4.69) is 34.3 Å². The Bertz CT molecular complexity index is 208. The second-order valence-electron chi connectivity index (χ2n) is 3.88. The zero-order valence-electron chi connectivity index (χ0n) is 8.07. The molecule has 0 aromatic heterocycles. The van der Waals surface area contributed by atoms with Crippen LogP contribution in [0.5, 0.6) is 0 Å². The van der Waals surface area contributed by atoms with Gasteiger partial charge in [-0.05, 0) is 37.7 Å². The van der Waals surface area contributed by atoms with Gasteiger partial charge in [0.15, 0.2) is 0 Å². The molecule has 0 amide bonds. The Morgan fingerprint density at radius 1 is 1.27 bits per heavy atom. The first kappa shape index (κ1) is 8.58. The molecule has 2 unspecified atom stereocenters. The van der Waals surface area contributed by atoms with Gasteiger partial charge >= 0.3 is 0 Å². The summed E-state index contributed by atoms with van der Waals surface area (Å²) in [5.74, 6) is 1.53. The molecule has 0 aromatic rings. The molecule has 0 fully saturated rings. The van der Waals surface area contributed by atoms with Crippen molar-refractivity contribution in [3.8, 4) is 0 Å². The zero-order valence-corrected chi connectivity index (χ0v) is 8.07. The molecule has 0 N–H and O–H groups in total. The molecule has 1 aliphatic carbocycles. The van der Waals surface area contributed by atoms with E-state index in [0.717, 1.165) is 11.8 Å². The molecule has 62 valence electrons. The molecule has 2 atom stereocenters. The van der Waals surface area contributed by atoms with Crippen molar-refractivity contribution in [3.05, 3.63) is 23.3 Å². The number of hydrogen-bond acceptors (Lipinski definition) is 0. The van der Waals surface area contributed by atoms with Crippen LogP contribution < -0.4 is 0 Å². The normalized spacial score (nSPS) is 32.9. The smallest absolute Gasteiger partial charge is 0.0200 e. The Morgan fingerprint density at radius 3 is 2.36 bits per heavy atom. The molecule has 0 heterocycles. The molecule has 0 heteroatoms. The Kier molecular flexibility index (Phi) is 2.22. The highest BCUT2D eigenvalue weighted by atomic mass is 14.3. The van der Waals surface area contributed by atoms with Crippen LogP contribution in [0.4, 0.5) is 0 Å². The Morgan fingerprint density at radius 2 is 1.82 bits per heavy atom. The highest BCUT2D eigenvalue weighted by molar-refractivity contribution is 5.35. The fourth-order valence-corrected chi connectivity index (χ4v) is 1.77. The molecule has 0 aliphatic heterocycles. The first-order valence-corrected chi connectivity index (χ1v) is 4.39. The number of allylic oxidation sites excluding steroid dienone is 3. The van der Waals surface area contributed by atoms with Crippen LogP contribution in [0.2, 0.25) is 0 Å². The minimum absolute atomic E-state index is 0.750. The third-order valence-electron chi connectivity index (χ3n) is 3.23. The lowest BCUT2D eigenvalue weighted by Crippen LogP contribution is -2.16. The van der Waals surface area contributed by atoms with Crippen LogP contribution in [0.1, 0.15) is 34.1 Å². The SMILES string of the molecule is C=C1CC(C)C(C)C(C)=C1C. The van der Waals surface area contributed by atoms with E-state index in [9.17, 15) is 0 Å². The maximum absolute atomic E-state index is 4.07. The summed E-state index contributed by atoms with van der Waals surface area (Å²) >= 11 is 0. The molecular formula is C11H18. The summed E-state index contributed by atoms with van der Waals surface area (Å²) < 4.78 is 0. The first-order valence-electron chi connectivity index (χ1n) is 4.39. The van der Waals surface area contributed by atoms with Crippen LogP contribution in [0.15, 0.2) is 23.3 Å². The third kappa shape index (κ3) is 1.40. The summed E-state index contributed by atoms with van der Waals surface area (Å²) in [6, 6.07) is 0. The number of hydrogen-bond donors (Lipinski definition) is 0. The highest BCUT2D eigenvalue weighted by Crippen LogP contribution is 2.36. The minimum atomic E-state index is 0.750. The molecule has 0 aromatic carbocycles. The van der Waals surface area contributed by atoms with E-state index in [0.29, 0.717) is 0 Å². The van der Waals surface area contributed by atoms with Gasteiger partial charge in [0.2, 0.25) is 0 Å². The summed E-state index contributed by atoms with van der Waals surface area (Å²) in [5.41, 5.74) is 4.32. The molecule has 0 nitrogen and oxygen atoms in total. The van der Waals surface area contributed by atoms with Crippen LogP contribution in [0.3, 0.4) is 0 Å². The zero-order chi connectivity index (χ0) is 8.59. The molecule has 0 saturated carbocycles. The van der Waals surface area contributed by atoms with Crippen LogP contribution in [0.25, 0.3) is 0 Å². The average Bonchev–Trinajstić information content (AvgIpc) is 1.97. The van der Waals surface area contributed by atoms with Crippen molar-refractivity contribution < 1.29 is 0 Å². The third-order valence-corrected chi connectivity index (χ3v) is 3.23. The summed E-state index contributed by atoms with van der Waals surface area (Å²) in [6.45, 7) is 13.1. The van der Waals surface area contributed by atoms with Gasteiger partial charge in [-0.1, -0.05) is 31.6 Å². The fourth-order valence-electron chi connectivity index (χ4n) is 1.77. The van der Waals surface area contributed by atoms with Crippen molar-refractivity contribution >= 4 is 0 Å². The maximum atomic E-state index is 4.07. The van der Waals surface area contributed by atoms with Crippen molar-refractivity contribution in [2.75, 3.05) is 0 Å². The van der Waals surface area contributed by atoms with Gasteiger partial charge < -0.3 is 0 Å². The maximum Gasteiger partial charge on any atom is -0.0200 e. The van der Waals surface area contributed by atoms with Gasteiger partial charge in [0.25, 0.3) is 0 Å². The van der Waals surface area contributed by atoms with Gasteiger partial charge in [-0.15, -0.1) is 0 Å². The summed E-state index contributed by atoms with van der Waals surface area (Å²) in [5, 5.41) is 0. The standard InChI is InChI=1S/C11H18/c1-7-6-8(2)10(4)11(5)9(7)3/h8,10H,1,6H2,2-5H3. The summed E-state index contributed by atoms with van der Waals surface area (Å²) in [4.78, 5) is 0. The van der Waals surface area contributed by atoms with Crippen LogP contribution in [-0.2, 0) is 0 Å². The molecule has 11 heavy (non-hydrogen) atoms. The van der Waals surface area contributed by atoms with Gasteiger partial charge in [0.1, 0.15) is 0 Å². The average molecular weight is 150 g/mol. The van der Waals surface area contributed by atoms with E-state index < -0.39 is 0 Å². The van der Waals surface area contributed by atoms with E-state index in [1.807, 2.05) is 0 Å². The summed E-state index contributed by atoms with van der Waals surface area (Å²) in [6.07, 6.45) is 1.18. The predicted octanol–water partition coefficient (Wildman–Crippen LogP) is 3.55. The van der Waals surface area contributed by atoms with Gasteiger partial charge in [0, 0.05) is 0 Å². The monoisotopic (exact) mass is 150 g/mol. The van der Waals surface area contributed by atoms with Crippen molar-refractivity contribution in [2.24, 2.45) is 11.8 Å². The van der Waals surface area contributed by atoms with Gasteiger partial charge in [-0.3, -0.25) is 0 Å². The molecule has 0 saturated heterocycles. The van der Waals surface area contributed by atoms with Crippen molar-refractivity contribution in [3.63, 3.8) is 0 Å². The molecule has 1 aliphatic rings. The fraction of sp³-hybridized carbons (Fsp3) is 0.636. The molecule has 1 rings (SSSR count). The summed E-state index contributed by atoms with van der Waals surface area (Å²) in [7, 11) is 0. The van der Waals surface area contributed by atoms with Crippen molar-refractivity contribution in [1.29, 1.82) is 0 Å². The Hall–Kier alpha value is -0.520. The first-order chi connectivity index (χ1) is 5.04. The van der Waals surface area contributed by atoms with E-state index in [-0.39, 0.29) is 0 Å². The topological polar surface area (TPSA) is 0 Å². The van der Waals surface area contributed by atoms with Crippen LogP contribution in [0, 0.1) is 11.8 Å². The predicted molar refractivity (Wildman–Crippen MR) is 50.5 cm³/mol. The molecular weight excluding hydrogens is 132 g/mol. The second-order valence-corrected chi connectivity index (χ2v) is 3.88. The quantitative estimate of drug-likeness (QED) is 0.495. The van der Waals surface area contributed by atoms with Crippen molar-refractivity contribution in [1.82, 2.24) is 0 Å². The molecule has 0 bridgehead atoms. The largest absolute Gasteiger partial charge is 0.0956 e. The highest BCUT2D eigenvalue weighted by Gasteiger charge is 2.22. The van der Waals surface area contributed by atoms with Crippen LogP contribution in [-0.4, -0.2) is 0 Å². The van der Waals surface area contributed by atoms with E-state index >= 15 is 0 Å². The Labute approximate surface area is 70.0 Å². The van der Waals surface area contributed by atoms with Crippen molar-refractivity contribution in [2.45, 2.75) is 34.1 Å².